The number of rotatable bonds is 5. The van der Waals surface area contributed by atoms with Crippen molar-refractivity contribution in [3.8, 4) is 5.69 Å². The van der Waals surface area contributed by atoms with E-state index in [0.29, 0.717) is 12.8 Å². The minimum atomic E-state index is -1.20. The molecule has 2 aromatic carbocycles. The number of nitrogens with one attached hydrogen (secondary N) is 1. The van der Waals surface area contributed by atoms with Crippen molar-refractivity contribution in [2.24, 2.45) is 7.05 Å². The van der Waals surface area contributed by atoms with E-state index in [1.54, 1.807) is 0 Å². The van der Waals surface area contributed by atoms with Crippen LogP contribution >= 0.6 is 0 Å². The Hall–Kier alpha value is -4.41. The maximum Gasteiger partial charge on any atom is 0.337 e. The van der Waals surface area contributed by atoms with Gasteiger partial charge < -0.3 is 10.4 Å². The van der Waals surface area contributed by atoms with Crippen LogP contribution in [0.25, 0.3) is 16.7 Å². The van der Waals surface area contributed by atoms with Crippen molar-refractivity contribution in [2.45, 2.75) is 18.9 Å². The lowest BCUT2D eigenvalue weighted by atomic mass is 9.96. The highest BCUT2D eigenvalue weighted by molar-refractivity contribution is 6.32. The van der Waals surface area contributed by atoms with Crippen molar-refractivity contribution in [2.75, 3.05) is 5.32 Å². The van der Waals surface area contributed by atoms with Crippen LogP contribution in [0.1, 0.15) is 29.2 Å². The second-order valence-corrected chi connectivity index (χ2v) is 8.40. The number of carboxylic acids is 1. The fourth-order valence-electron chi connectivity index (χ4n) is 4.11. The number of nitrogens with zero attached hydrogens (tertiary/aromatic N) is 3. The van der Waals surface area contributed by atoms with Gasteiger partial charge >= 0.3 is 11.7 Å². The summed E-state index contributed by atoms with van der Waals surface area (Å²) in [6, 6.07) is 10.4. The monoisotopic (exact) mass is 472 g/mol. The lowest BCUT2D eigenvalue weighted by molar-refractivity contribution is 0.0697. The molecule has 0 bridgehead atoms. The Balaban J connectivity index is 1.90. The van der Waals surface area contributed by atoms with Gasteiger partial charge in [0.25, 0.3) is 11.1 Å². The maximum atomic E-state index is 14.5. The van der Waals surface area contributed by atoms with Gasteiger partial charge in [-0.15, -0.1) is 0 Å². The predicted octanol–water partition coefficient (Wildman–Crippen LogP) is 1.56. The van der Waals surface area contributed by atoms with Crippen molar-refractivity contribution in [1.82, 2.24) is 13.7 Å². The Morgan fingerprint density at radius 3 is 2.49 bits per heavy atom. The first-order chi connectivity index (χ1) is 16.7. The predicted molar refractivity (Wildman–Crippen MR) is 129 cm³/mol. The summed E-state index contributed by atoms with van der Waals surface area (Å²) in [6.45, 7) is 0. The van der Waals surface area contributed by atoms with E-state index >= 15 is 0 Å². The number of pyridine rings is 1. The molecule has 9 nitrogen and oxygen atoms in total. The van der Waals surface area contributed by atoms with Crippen molar-refractivity contribution in [3.63, 3.8) is 0 Å². The highest BCUT2D eigenvalue weighted by Crippen LogP contribution is 2.33. The average molecular weight is 472 g/mol. The molecule has 2 heterocycles. The van der Waals surface area contributed by atoms with Crippen LogP contribution in [0.3, 0.4) is 0 Å². The van der Waals surface area contributed by atoms with Crippen LogP contribution in [0, 0.1) is 5.82 Å². The molecule has 0 saturated heterocycles. The number of anilines is 2. The van der Waals surface area contributed by atoms with Gasteiger partial charge in [-0.05, 0) is 43.2 Å². The van der Waals surface area contributed by atoms with Crippen LogP contribution in [0.5, 0.6) is 0 Å². The van der Waals surface area contributed by atoms with Gasteiger partial charge in [-0.3, -0.25) is 18.7 Å². The van der Waals surface area contributed by atoms with E-state index in [0.717, 1.165) is 25.8 Å². The second-order valence-electron chi connectivity index (χ2n) is 8.40. The maximum absolute atomic E-state index is 14.5. The Kier molecular flexibility index (Phi) is 5.19. The molecule has 1 aliphatic rings. The van der Waals surface area contributed by atoms with Crippen LogP contribution in [0.2, 0.25) is 0 Å². The molecular weight excluding hydrogens is 454 g/mol. The Morgan fingerprint density at radius 2 is 1.83 bits per heavy atom. The molecule has 35 heavy (non-hydrogen) atoms. The molecule has 0 aliphatic heterocycles. The minimum Gasteiger partial charge on any atom is -0.478 e. The van der Waals surface area contributed by atoms with Gasteiger partial charge in [0.05, 0.1) is 22.6 Å². The molecule has 2 radical (unpaired) electrons. The lowest BCUT2D eigenvalue weighted by Gasteiger charge is -2.19. The SMILES string of the molecule is [B]c1ccc(Nc2cc(=O)n(C)c3c2c(=O)n(C2CC2)c(=O)n3-c2cccc(C(=O)O)c2)c(F)c1. The summed E-state index contributed by atoms with van der Waals surface area (Å²) in [7, 11) is 7.02. The third-order valence-electron chi connectivity index (χ3n) is 5.98. The van der Waals surface area contributed by atoms with Crippen LogP contribution in [0.15, 0.2) is 62.9 Å². The molecule has 1 saturated carbocycles. The van der Waals surface area contributed by atoms with Crippen molar-refractivity contribution < 1.29 is 14.3 Å². The second kappa shape index (κ2) is 8.12. The van der Waals surface area contributed by atoms with Gasteiger partial charge in [-0.25, -0.2) is 18.5 Å². The molecule has 174 valence electrons. The molecule has 5 rings (SSSR count). The van der Waals surface area contributed by atoms with Gasteiger partial charge in [0.1, 0.15) is 24.7 Å². The van der Waals surface area contributed by atoms with Crippen LogP contribution < -0.4 is 27.6 Å². The van der Waals surface area contributed by atoms with Crippen LogP contribution in [0.4, 0.5) is 15.8 Å². The summed E-state index contributed by atoms with van der Waals surface area (Å²) in [5.74, 6) is -1.89. The summed E-state index contributed by atoms with van der Waals surface area (Å²) in [6.07, 6.45) is 1.24. The largest absolute Gasteiger partial charge is 0.478 e. The van der Waals surface area contributed by atoms with Crippen LogP contribution in [-0.2, 0) is 7.05 Å². The normalized spacial score (nSPS) is 13.2. The molecular formula is C24H18BFN4O5. The van der Waals surface area contributed by atoms with Gasteiger partial charge in [0.15, 0.2) is 0 Å². The molecule has 2 aromatic heterocycles. The Bertz CT molecular complexity index is 1720. The van der Waals surface area contributed by atoms with Crippen LogP contribution in [-0.4, -0.2) is 32.6 Å². The number of fused-ring (bicyclic) bond motifs is 1. The number of halogens is 1. The number of hydrogen-bond acceptors (Lipinski definition) is 5. The van der Waals surface area contributed by atoms with E-state index in [9.17, 15) is 28.7 Å². The molecule has 0 unspecified atom stereocenters. The number of benzene rings is 2. The number of aromatic nitrogens is 3. The van der Waals surface area contributed by atoms with Gasteiger partial charge in [0.2, 0.25) is 0 Å². The number of hydrogen-bond donors (Lipinski definition) is 2. The summed E-state index contributed by atoms with van der Waals surface area (Å²) in [5, 5.41) is 12.2. The zero-order valence-electron chi connectivity index (χ0n) is 18.5. The highest BCUT2D eigenvalue weighted by atomic mass is 19.1. The fraction of sp³-hybridized carbons (Fsp3) is 0.167. The van der Waals surface area contributed by atoms with E-state index in [4.69, 9.17) is 7.85 Å². The fourth-order valence-corrected chi connectivity index (χ4v) is 4.11. The summed E-state index contributed by atoms with van der Waals surface area (Å²) in [5.41, 5.74) is -1.66. The molecule has 11 heteroatoms. The van der Waals surface area contributed by atoms with Gasteiger partial charge in [-0.1, -0.05) is 17.6 Å². The number of carbonyl (C=O) groups is 1. The zero-order chi connectivity index (χ0) is 25.0. The average Bonchev–Trinajstić information content (AvgIpc) is 3.64. The van der Waals surface area contributed by atoms with E-state index in [-0.39, 0.29) is 45.2 Å². The standard InChI is InChI=1S/C24H18BFN4O5/c1-28-19(31)11-18(27-17-8-5-13(25)10-16(17)26)20-21(28)29(15-4-2-3-12(9-15)23(33)34)24(35)30(22(20)32)14-6-7-14/h2-5,8-11,14,27H,6-7H2,1H3,(H,33,34). The van der Waals surface area contributed by atoms with E-state index < -0.39 is 28.6 Å². The third kappa shape index (κ3) is 3.74. The van der Waals surface area contributed by atoms with Crippen molar-refractivity contribution in [3.05, 3.63) is 91.1 Å². The molecule has 0 spiro atoms. The van der Waals surface area contributed by atoms with E-state index in [1.807, 2.05) is 0 Å². The Morgan fingerprint density at radius 1 is 1.09 bits per heavy atom. The van der Waals surface area contributed by atoms with Crippen molar-refractivity contribution in [1.29, 1.82) is 0 Å². The zero-order valence-corrected chi connectivity index (χ0v) is 18.5. The molecule has 1 aliphatic carbocycles. The quantitative estimate of drug-likeness (QED) is 0.426. The first kappa shape index (κ1) is 22.4. The highest BCUT2D eigenvalue weighted by Gasteiger charge is 2.31. The molecule has 1 fully saturated rings. The third-order valence-corrected chi connectivity index (χ3v) is 5.98. The number of aryl methyl sites for hydroxylation is 1. The topological polar surface area (TPSA) is 115 Å². The number of aromatic carboxylic acids is 1. The molecule has 2 N–H and O–H groups in total. The smallest absolute Gasteiger partial charge is 0.337 e. The summed E-state index contributed by atoms with van der Waals surface area (Å²) in [4.78, 5) is 51.6. The molecule has 0 amide bonds. The summed E-state index contributed by atoms with van der Waals surface area (Å²) < 4.78 is 17.9. The minimum absolute atomic E-state index is 0.00862. The number of carboxylic acid groups (broad SMARTS) is 1. The summed E-state index contributed by atoms with van der Waals surface area (Å²) >= 11 is 0. The van der Waals surface area contributed by atoms with Crippen molar-refractivity contribution >= 4 is 41.7 Å². The van der Waals surface area contributed by atoms with E-state index in [1.165, 1.54) is 43.4 Å². The first-order valence-corrected chi connectivity index (χ1v) is 10.7. The molecule has 4 aromatic rings. The molecule has 0 atom stereocenters. The lowest BCUT2D eigenvalue weighted by Crippen LogP contribution is -2.41. The van der Waals surface area contributed by atoms with Gasteiger partial charge in [0, 0.05) is 19.2 Å². The first-order valence-electron chi connectivity index (χ1n) is 10.7. The van der Waals surface area contributed by atoms with Gasteiger partial charge in [-0.2, -0.15) is 0 Å². The Labute approximate surface area is 198 Å². The van der Waals surface area contributed by atoms with E-state index in [2.05, 4.69) is 5.32 Å².